The molecule has 1 rings (SSSR count). The zero-order valence-electron chi connectivity index (χ0n) is 12.8. The lowest BCUT2D eigenvalue weighted by Gasteiger charge is -2.22. The maximum Gasteiger partial charge on any atom is 0.408 e. The molecule has 0 radical (unpaired) electrons. The largest absolute Gasteiger partial charge is 0.480 e. The number of carbonyl (C=O) groups excluding carboxylic acids is 2. The van der Waals surface area contributed by atoms with Crippen LogP contribution < -0.4 is 10.6 Å². The van der Waals surface area contributed by atoms with Crippen molar-refractivity contribution in [3.05, 3.63) is 29.8 Å². The average molecular weight is 308 g/mol. The van der Waals surface area contributed by atoms with Gasteiger partial charge in [-0.15, -0.1) is 0 Å². The monoisotopic (exact) mass is 308 g/mol. The van der Waals surface area contributed by atoms with E-state index in [4.69, 9.17) is 4.74 Å². The van der Waals surface area contributed by atoms with Crippen LogP contribution in [0.2, 0.25) is 0 Å². The maximum absolute atomic E-state index is 11.7. The van der Waals surface area contributed by atoms with E-state index in [-0.39, 0.29) is 6.42 Å². The summed E-state index contributed by atoms with van der Waals surface area (Å²) in [5.74, 6) is -1.15. The molecule has 22 heavy (non-hydrogen) atoms. The third-order valence-electron chi connectivity index (χ3n) is 2.61. The van der Waals surface area contributed by atoms with Crippen LogP contribution >= 0.6 is 0 Å². The van der Waals surface area contributed by atoms with Crippen LogP contribution in [0.15, 0.2) is 24.3 Å². The number of hydrogen-bond donors (Lipinski definition) is 3. The Morgan fingerprint density at radius 3 is 2.32 bits per heavy atom. The highest BCUT2D eigenvalue weighted by Gasteiger charge is 2.24. The lowest BCUT2D eigenvalue weighted by molar-refractivity contribution is -0.139. The van der Waals surface area contributed by atoms with E-state index in [0.29, 0.717) is 17.7 Å². The molecule has 0 aromatic heterocycles. The predicted octanol–water partition coefficient (Wildman–Crippen LogP) is 1.78. The Kier molecular flexibility index (Phi) is 5.91. The molecule has 0 aliphatic carbocycles. The molecule has 0 bridgehead atoms. The number of nitrogens with one attached hydrogen (secondary N) is 2. The Morgan fingerprint density at radius 2 is 1.86 bits per heavy atom. The highest BCUT2D eigenvalue weighted by molar-refractivity contribution is 5.80. The van der Waals surface area contributed by atoms with Crippen LogP contribution in [0.25, 0.3) is 0 Å². The molecule has 0 fully saturated rings. The van der Waals surface area contributed by atoms with E-state index in [1.54, 1.807) is 45.0 Å². The van der Waals surface area contributed by atoms with Crippen molar-refractivity contribution in [2.45, 2.75) is 38.8 Å². The standard InChI is InChI=1S/C15H20N2O5/c1-15(2,3)22-14(21)17-12(13(19)20)8-10-4-6-11(7-5-10)16-9-18/h4-7,9,12H,8H2,1-3H3,(H,16,18)(H,17,21)(H,19,20). The van der Waals surface area contributed by atoms with Gasteiger partial charge in [0.25, 0.3) is 0 Å². The fourth-order valence-electron chi connectivity index (χ4n) is 1.69. The summed E-state index contributed by atoms with van der Waals surface area (Å²) in [4.78, 5) is 33.2. The number of benzene rings is 1. The molecule has 7 heteroatoms. The Labute approximate surface area is 128 Å². The summed E-state index contributed by atoms with van der Waals surface area (Å²) in [6, 6.07) is 5.56. The van der Waals surface area contributed by atoms with Crippen molar-refractivity contribution in [1.82, 2.24) is 5.32 Å². The van der Waals surface area contributed by atoms with Gasteiger partial charge in [-0.1, -0.05) is 12.1 Å². The Morgan fingerprint density at radius 1 is 1.27 bits per heavy atom. The van der Waals surface area contributed by atoms with Gasteiger partial charge in [0.1, 0.15) is 11.6 Å². The summed E-state index contributed by atoms with van der Waals surface area (Å²) < 4.78 is 5.04. The van der Waals surface area contributed by atoms with E-state index >= 15 is 0 Å². The summed E-state index contributed by atoms with van der Waals surface area (Å²) in [5.41, 5.74) is 0.612. The van der Waals surface area contributed by atoms with Gasteiger partial charge in [-0.3, -0.25) is 4.79 Å². The van der Waals surface area contributed by atoms with Crippen molar-refractivity contribution in [2.24, 2.45) is 0 Å². The number of alkyl carbamates (subject to hydrolysis) is 1. The first-order valence-electron chi connectivity index (χ1n) is 6.72. The van der Waals surface area contributed by atoms with Crippen LogP contribution in [0.3, 0.4) is 0 Å². The summed E-state index contributed by atoms with van der Waals surface area (Å²) in [7, 11) is 0. The molecule has 1 aromatic rings. The molecule has 7 nitrogen and oxygen atoms in total. The van der Waals surface area contributed by atoms with Crippen molar-refractivity contribution >= 4 is 24.2 Å². The molecule has 0 saturated heterocycles. The molecule has 1 atom stereocenters. The molecule has 0 heterocycles. The molecular formula is C15H20N2O5. The minimum absolute atomic E-state index is 0.107. The van der Waals surface area contributed by atoms with E-state index in [9.17, 15) is 19.5 Å². The highest BCUT2D eigenvalue weighted by Crippen LogP contribution is 2.12. The lowest BCUT2D eigenvalue weighted by atomic mass is 10.1. The minimum atomic E-state index is -1.15. The van der Waals surface area contributed by atoms with Crippen molar-refractivity contribution in [1.29, 1.82) is 0 Å². The molecule has 3 N–H and O–H groups in total. The minimum Gasteiger partial charge on any atom is -0.480 e. The van der Waals surface area contributed by atoms with Crippen molar-refractivity contribution in [3.63, 3.8) is 0 Å². The fraction of sp³-hybridized carbons (Fsp3) is 0.400. The zero-order valence-corrected chi connectivity index (χ0v) is 12.8. The van der Waals surface area contributed by atoms with Crippen molar-refractivity contribution < 1.29 is 24.2 Å². The Bertz CT molecular complexity index is 534. The number of carboxylic acids is 1. The average Bonchev–Trinajstić information content (AvgIpc) is 2.38. The van der Waals surface area contributed by atoms with E-state index in [1.165, 1.54) is 0 Å². The smallest absolute Gasteiger partial charge is 0.408 e. The number of hydrogen-bond acceptors (Lipinski definition) is 4. The molecule has 0 aliphatic heterocycles. The van der Waals surface area contributed by atoms with Crippen molar-refractivity contribution in [3.8, 4) is 0 Å². The van der Waals surface area contributed by atoms with Crippen LogP contribution in [-0.4, -0.2) is 35.2 Å². The first-order chi connectivity index (χ1) is 10.2. The molecule has 0 aliphatic rings. The molecule has 1 unspecified atom stereocenters. The van der Waals surface area contributed by atoms with Gasteiger partial charge in [0.15, 0.2) is 0 Å². The molecule has 1 aromatic carbocycles. The summed E-state index contributed by atoms with van der Waals surface area (Å²) in [5, 5.41) is 14.0. The van der Waals surface area contributed by atoms with Gasteiger partial charge in [-0.05, 0) is 38.5 Å². The van der Waals surface area contributed by atoms with E-state index in [0.717, 1.165) is 0 Å². The second kappa shape index (κ2) is 7.44. The Balaban J connectivity index is 2.70. The topological polar surface area (TPSA) is 105 Å². The molecule has 2 amide bonds. The fourth-order valence-corrected chi connectivity index (χ4v) is 1.69. The molecular weight excluding hydrogens is 288 g/mol. The van der Waals surface area contributed by atoms with Crippen LogP contribution in [-0.2, 0) is 20.7 Å². The van der Waals surface area contributed by atoms with Crippen LogP contribution in [0.4, 0.5) is 10.5 Å². The van der Waals surface area contributed by atoms with Gasteiger partial charge in [-0.25, -0.2) is 9.59 Å². The molecule has 0 spiro atoms. The van der Waals surface area contributed by atoms with Gasteiger partial charge in [0.2, 0.25) is 6.41 Å². The second-order valence-corrected chi connectivity index (χ2v) is 5.70. The summed E-state index contributed by atoms with van der Waals surface area (Å²) >= 11 is 0. The normalized spacial score (nSPS) is 12.1. The number of anilines is 1. The Hall–Kier alpha value is -2.57. The van der Waals surface area contributed by atoms with Gasteiger partial charge in [0.05, 0.1) is 0 Å². The van der Waals surface area contributed by atoms with Gasteiger partial charge >= 0.3 is 12.1 Å². The summed E-state index contributed by atoms with van der Waals surface area (Å²) in [6.07, 6.45) is -0.117. The van der Waals surface area contributed by atoms with Gasteiger partial charge in [0, 0.05) is 12.1 Å². The van der Waals surface area contributed by atoms with Crippen LogP contribution in [0.1, 0.15) is 26.3 Å². The number of carboxylic acid groups (broad SMARTS) is 1. The molecule has 120 valence electrons. The summed E-state index contributed by atoms with van der Waals surface area (Å²) in [6.45, 7) is 5.09. The van der Waals surface area contributed by atoms with Crippen LogP contribution in [0.5, 0.6) is 0 Å². The van der Waals surface area contributed by atoms with E-state index in [1.807, 2.05) is 0 Å². The highest BCUT2D eigenvalue weighted by atomic mass is 16.6. The van der Waals surface area contributed by atoms with E-state index in [2.05, 4.69) is 10.6 Å². The second-order valence-electron chi connectivity index (χ2n) is 5.70. The molecule has 0 saturated carbocycles. The number of carbonyl (C=O) groups is 3. The zero-order chi connectivity index (χ0) is 16.8. The SMILES string of the molecule is CC(C)(C)OC(=O)NC(Cc1ccc(NC=O)cc1)C(=O)O. The number of ether oxygens (including phenoxy) is 1. The van der Waals surface area contributed by atoms with Crippen LogP contribution in [0, 0.1) is 0 Å². The maximum atomic E-state index is 11.7. The first kappa shape index (κ1) is 17.5. The number of aliphatic carboxylic acids is 1. The van der Waals surface area contributed by atoms with Gasteiger partial charge in [-0.2, -0.15) is 0 Å². The van der Waals surface area contributed by atoms with E-state index < -0.39 is 23.7 Å². The third-order valence-corrected chi connectivity index (χ3v) is 2.61. The lowest BCUT2D eigenvalue weighted by Crippen LogP contribution is -2.44. The number of amides is 2. The quantitative estimate of drug-likeness (QED) is 0.695. The van der Waals surface area contributed by atoms with Gasteiger partial charge < -0.3 is 20.5 Å². The predicted molar refractivity (Wildman–Crippen MR) is 80.6 cm³/mol. The third kappa shape index (κ3) is 6.25. The van der Waals surface area contributed by atoms with Crippen molar-refractivity contribution in [2.75, 3.05) is 5.32 Å². The first-order valence-corrected chi connectivity index (χ1v) is 6.72. The number of rotatable bonds is 6.